The largest absolute Gasteiger partial charge is 0.334 e. The van der Waals surface area contributed by atoms with Crippen LogP contribution in [0, 0.1) is 6.92 Å². The maximum absolute atomic E-state index is 12.4. The molecule has 1 aliphatic heterocycles. The molecule has 1 fully saturated rings. The Hall–Kier alpha value is -0.0600. The van der Waals surface area contributed by atoms with Gasteiger partial charge in [0.05, 0.1) is 5.02 Å². The molecule has 2 rings (SSSR count). The first-order valence-electron chi connectivity index (χ1n) is 5.75. The summed E-state index contributed by atoms with van der Waals surface area (Å²) >= 11 is 11.1. The Labute approximate surface area is 119 Å². The SMILES string of the molecule is Cc1csc(C(=O)N2CCCCC2CBr)c1Cl. The summed E-state index contributed by atoms with van der Waals surface area (Å²) in [5.41, 5.74) is 0.993. The van der Waals surface area contributed by atoms with Crippen LogP contribution in [0.3, 0.4) is 0 Å². The summed E-state index contributed by atoms with van der Waals surface area (Å²) in [5.74, 6) is 0.0947. The van der Waals surface area contributed by atoms with E-state index in [2.05, 4.69) is 15.9 Å². The maximum Gasteiger partial charge on any atom is 0.265 e. The fourth-order valence-corrected chi connectivity index (χ4v) is 4.03. The molecule has 0 aliphatic carbocycles. The number of hydrogen-bond donors (Lipinski definition) is 0. The first-order valence-corrected chi connectivity index (χ1v) is 8.13. The smallest absolute Gasteiger partial charge is 0.265 e. The Morgan fingerprint density at radius 2 is 2.41 bits per heavy atom. The maximum atomic E-state index is 12.4. The fourth-order valence-electron chi connectivity index (χ4n) is 2.13. The van der Waals surface area contributed by atoms with Crippen LogP contribution < -0.4 is 0 Å². The zero-order chi connectivity index (χ0) is 12.4. The van der Waals surface area contributed by atoms with Crippen molar-refractivity contribution in [2.45, 2.75) is 32.2 Å². The topological polar surface area (TPSA) is 20.3 Å². The van der Waals surface area contributed by atoms with E-state index in [4.69, 9.17) is 11.6 Å². The van der Waals surface area contributed by atoms with E-state index in [9.17, 15) is 4.79 Å². The molecule has 2 heterocycles. The van der Waals surface area contributed by atoms with Crippen LogP contribution in [-0.4, -0.2) is 28.7 Å². The second-order valence-corrected chi connectivity index (χ2v) is 6.27. The minimum absolute atomic E-state index is 0.0947. The van der Waals surface area contributed by atoms with E-state index in [0.29, 0.717) is 15.9 Å². The molecule has 0 aromatic carbocycles. The third kappa shape index (κ3) is 2.69. The number of carbonyl (C=O) groups excluding carboxylic acids is 1. The van der Waals surface area contributed by atoms with E-state index in [1.165, 1.54) is 17.8 Å². The Kier molecular flexibility index (Phi) is 4.50. The number of alkyl halides is 1. The van der Waals surface area contributed by atoms with Gasteiger partial charge in [-0.1, -0.05) is 27.5 Å². The van der Waals surface area contributed by atoms with E-state index in [0.717, 1.165) is 30.3 Å². The fraction of sp³-hybridized carbons (Fsp3) is 0.583. The molecule has 1 aliphatic rings. The molecule has 5 heteroatoms. The molecule has 2 nitrogen and oxygen atoms in total. The highest BCUT2D eigenvalue weighted by Crippen LogP contribution is 2.30. The van der Waals surface area contributed by atoms with Crippen LogP contribution in [0.25, 0.3) is 0 Å². The van der Waals surface area contributed by atoms with E-state index >= 15 is 0 Å². The average molecular weight is 337 g/mol. The van der Waals surface area contributed by atoms with E-state index in [-0.39, 0.29) is 5.91 Å². The molecule has 0 saturated carbocycles. The number of nitrogens with zero attached hydrogens (tertiary/aromatic N) is 1. The summed E-state index contributed by atoms with van der Waals surface area (Å²) in [6, 6.07) is 0.315. The molecular formula is C12H15BrClNOS. The Morgan fingerprint density at radius 3 is 3.00 bits per heavy atom. The van der Waals surface area contributed by atoms with E-state index in [1.807, 2.05) is 17.2 Å². The molecular weight excluding hydrogens is 322 g/mol. The first kappa shape index (κ1) is 13.4. The van der Waals surface area contributed by atoms with Crippen molar-refractivity contribution in [1.82, 2.24) is 4.90 Å². The molecule has 17 heavy (non-hydrogen) atoms. The van der Waals surface area contributed by atoms with Crippen molar-refractivity contribution in [3.63, 3.8) is 0 Å². The number of piperidine rings is 1. The molecule has 94 valence electrons. The molecule has 1 aromatic heterocycles. The summed E-state index contributed by atoms with van der Waals surface area (Å²) < 4.78 is 0. The van der Waals surface area contributed by atoms with Gasteiger partial charge in [-0.15, -0.1) is 11.3 Å². The van der Waals surface area contributed by atoms with Gasteiger partial charge in [0.15, 0.2) is 0 Å². The van der Waals surface area contributed by atoms with Gasteiger partial charge in [-0.05, 0) is 37.1 Å². The Balaban J connectivity index is 2.21. The van der Waals surface area contributed by atoms with Gasteiger partial charge >= 0.3 is 0 Å². The molecule has 0 N–H and O–H groups in total. The third-order valence-electron chi connectivity index (χ3n) is 3.16. The Bertz CT molecular complexity index is 421. The molecule has 1 atom stereocenters. The van der Waals surface area contributed by atoms with Gasteiger partial charge in [-0.2, -0.15) is 0 Å². The predicted molar refractivity (Wildman–Crippen MR) is 76.5 cm³/mol. The van der Waals surface area contributed by atoms with Gasteiger partial charge in [0.1, 0.15) is 4.88 Å². The molecule has 0 radical (unpaired) electrons. The highest BCUT2D eigenvalue weighted by molar-refractivity contribution is 9.09. The van der Waals surface area contributed by atoms with E-state index in [1.54, 1.807) is 0 Å². The average Bonchev–Trinajstić information content (AvgIpc) is 2.69. The van der Waals surface area contributed by atoms with E-state index < -0.39 is 0 Å². The molecule has 0 bridgehead atoms. The lowest BCUT2D eigenvalue weighted by Crippen LogP contribution is -2.44. The van der Waals surface area contributed by atoms with Gasteiger partial charge in [-0.25, -0.2) is 0 Å². The number of carbonyl (C=O) groups is 1. The van der Waals surface area contributed by atoms with Crippen LogP contribution >= 0.6 is 38.9 Å². The van der Waals surface area contributed by atoms with Crippen LogP contribution in [0.4, 0.5) is 0 Å². The van der Waals surface area contributed by atoms with Crippen LogP contribution in [0.15, 0.2) is 5.38 Å². The zero-order valence-corrected chi connectivity index (χ0v) is 12.9. The number of likely N-dealkylation sites (tertiary alicyclic amines) is 1. The van der Waals surface area contributed by atoms with Crippen LogP contribution in [-0.2, 0) is 0 Å². The quantitative estimate of drug-likeness (QED) is 0.745. The number of thiophene rings is 1. The number of halogens is 2. The highest BCUT2D eigenvalue weighted by Gasteiger charge is 2.28. The lowest BCUT2D eigenvalue weighted by atomic mass is 10.0. The van der Waals surface area contributed by atoms with Gasteiger partial charge < -0.3 is 4.90 Å². The summed E-state index contributed by atoms with van der Waals surface area (Å²) in [5, 5.41) is 3.42. The molecule has 0 spiro atoms. The van der Waals surface area contributed by atoms with Gasteiger partial charge in [-0.3, -0.25) is 4.79 Å². The summed E-state index contributed by atoms with van der Waals surface area (Å²) in [6.07, 6.45) is 3.38. The van der Waals surface area contributed by atoms with Gasteiger partial charge in [0, 0.05) is 17.9 Å². The zero-order valence-electron chi connectivity index (χ0n) is 9.71. The van der Waals surface area contributed by atoms with Gasteiger partial charge in [0.2, 0.25) is 0 Å². The van der Waals surface area contributed by atoms with Crippen LogP contribution in [0.2, 0.25) is 5.02 Å². The first-order chi connectivity index (χ1) is 8.15. The number of rotatable bonds is 2. The van der Waals surface area contributed by atoms with Crippen LogP contribution in [0.5, 0.6) is 0 Å². The van der Waals surface area contributed by atoms with Gasteiger partial charge in [0.25, 0.3) is 5.91 Å². The van der Waals surface area contributed by atoms with Crippen molar-refractivity contribution < 1.29 is 4.79 Å². The third-order valence-corrected chi connectivity index (χ3v) is 5.59. The summed E-state index contributed by atoms with van der Waals surface area (Å²) in [4.78, 5) is 15.1. The minimum Gasteiger partial charge on any atom is -0.334 e. The molecule has 1 saturated heterocycles. The van der Waals surface area contributed by atoms with Crippen molar-refractivity contribution in [1.29, 1.82) is 0 Å². The summed E-state index contributed by atoms with van der Waals surface area (Å²) in [7, 11) is 0. The number of hydrogen-bond acceptors (Lipinski definition) is 2. The van der Waals surface area contributed by atoms with Crippen molar-refractivity contribution in [2.24, 2.45) is 0 Å². The molecule has 1 unspecified atom stereocenters. The lowest BCUT2D eigenvalue weighted by molar-refractivity contribution is 0.0647. The Morgan fingerprint density at radius 1 is 1.65 bits per heavy atom. The minimum atomic E-state index is 0.0947. The van der Waals surface area contributed by atoms with Crippen molar-refractivity contribution >= 4 is 44.8 Å². The number of aryl methyl sites for hydroxylation is 1. The monoisotopic (exact) mass is 335 g/mol. The van der Waals surface area contributed by atoms with Crippen molar-refractivity contribution in [3.05, 3.63) is 20.8 Å². The molecule has 1 amide bonds. The standard InChI is InChI=1S/C12H15BrClNOS/c1-8-7-17-11(10(8)14)12(16)15-5-3-2-4-9(15)6-13/h7,9H,2-6H2,1H3. The second kappa shape index (κ2) is 5.72. The van der Waals surface area contributed by atoms with Crippen molar-refractivity contribution in [2.75, 3.05) is 11.9 Å². The number of amides is 1. The normalized spacial score (nSPS) is 20.6. The molecule has 1 aromatic rings. The highest BCUT2D eigenvalue weighted by atomic mass is 79.9. The van der Waals surface area contributed by atoms with Crippen LogP contribution in [0.1, 0.15) is 34.5 Å². The summed E-state index contributed by atoms with van der Waals surface area (Å²) in [6.45, 7) is 2.79. The lowest BCUT2D eigenvalue weighted by Gasteiger charge is -2.34. The van der Waals surface area contributed by atoms with Crippen molar-refractivity contribution in [3.8, 4) is 0 Å². The second-order valence-electron chi connectivity index (χ2n) is 4.36. The predicted octanol–water partition coefficient (Wildman–Crippen LogP) is 4.10.